The van der Waals surface area contributed by atoms with Crippen molar-refractivity contribution in [3.05, 3.63) is 65.1 Å². The van der Waals surface area contributed by atoms with E-state index in [9.17, 15) is 0 Å². The number of benzene rings is 1. The Balaban J connectivity index is 1.16. The second kappa shape index (κ2) is 5.90. The molecule has 0 spiro atoms. The van der Waals surface area contributed by atoms with Crippen LogP contribution in [0.1, 0.15) is 41.3 Å². The van der Waals surface area contributed by atoms with Gasteiger partial charge in [-0.3, -0.25) is 9.30 Å². The molecular weight excluding hydrogens is 332 g/mol. The van der Waals surface area contributed by atoms with Gasteiger partial charge in [-0.15, -0.1) is 10.2 Å². The van der Waals surface area contributed by atoms with Crippen LogP contribution in [0.15, 0.2) is 42.6 Å². The van der Waals surface area contributed by atoms with E-state index in [-0.39, 0.29) is 0 Å². The summed E-state index contributed by atoms with van der Waals surface area (Å²) in [6.45, 7) is 5.72. The number of pyridine rings is 1. The van der Waals surface area contributed by atoms with Crippen molar-refractivity contribution < 1.29 is 0 Å². The third-order valence-electron chi connectivity index (χ3n) is 7.02. The van der Waals surface area contributed by atoms with Crippen molar-refractivity contribution in [3.8, 4) is 0 Å². The molecule has 1 saturated heterocycles. The lowest BCUT2D eigenvalue weighted by Gasteiger charge is -2.21. The first kappa shape index (κ1) is 15.8. The van der Waals surface area contributed by atoms with E-state index in [1.54, 1.807) is 0 Å². The Kier molecular flexibility index (Phi) is 3.46. The van der Waals surface area contributed by atoms with Crippen LogP contribution in [0.4, 0.5) is 0 Å². The quantitative estimate of drug-likeness (QED) is 0.695. The molecule has 1 aliphatic heterocycles. The van der Waals surface area contributed by atoms with Crippen LogP contribution in [-0.2, 0) is 13.0 Å². The lowest BCUT2D eigenvalue weighted by molar-refractivity contribution is 0.289. The SMILES string of the molecule is Cc1c(CN2CC3C(C2)C3c2ccccc2)ccn2c(CC3CC3)nnc12. The fourth-order valence-corrected chi connectivity index (χ4v) is 5.21. The Hall–Kier alpha value is -2.20. The minimum atomic E-state index is 0.799. The molecule has 138 valence electrons. The molecule has 1 aromatic carbocycles. The van der Waals surface area contributed by atoms with Crippen LogP contribution in [-0.4, -0.2) is 32.6 Å². The fourth-order valence-electron chi connectivity index (χ4n) is 5.21. The summed E-state index contributed by atoms with van der Waals surface area (Å²) in [5, 5.41) is 8.98. The maximum absolute atomic E-state index is 4.50. The van der Waals surface area contributed by atoms with Gasteiger partial charge in [0.2, 0.25) is 0 Å². The van der Waals surface area contributed by atoms with Gasteiger partial charge in [-0.2, -0.15) is 0 Å². The van der Waals surface area contributed by atoms with Crippen LogP contribution < -0.4 is 0 Å². The topological polar surface area (TPSA) is 33.4 Å². The molecule has 27 heavy (non-hydrogen) atoms. The van der Waals surface area contributed by atoms with Crippen molar-refractivity contribution >= 4 is 5.65 Å². The summed E-state index contributed by atoms with van der Waals surface area (Å²) in [5.74, 6) is 4.48. The number of hydrogen-bond acceptors (Lipinski definition) is 3. The molecule has 4 heteroatoms. The second-order valence-corrected chi connectivity index (χ2v) is 8.88. The van der Waals surface area contributed by atoms with Gasteiger partial charge in [0.1, 0.15) is 5.82 Å². The summed E-state index contributed by atoms with van der Waals surface area (Å²) in [7, 11) is 0. The summed E-state index contributed by atoms with van der Waals surface area (Å²) in [6.07, 6.45) is 5.98. The Morgan fingerprint density at radius 1 is 1.00 bits per heavy atom. The highest BCUT2D eigenvalue weighted by Gasteiger charge is 2.55. The average molecular weight is 358 g/mol. The second-order valence-electron chi connectivity index (χ2n) is 8.88. The molecule has 4 nitrogen and oxygen atoms in total. The number of likely N-dealkylation sites (tertiary alicyclic amines) is 1. The predicted octanol–water partition coefficient (Wildman–Crippen LogP) is 3.84. The summed E-state index contributed by atoms with van der Waals surface area (Å²) < 4.78 is 2.21. The molecule has 0 radical (unpaired) electrons. The van der Waals surface area contributed by atoms with Gasteiger partial charge >= 0.3 is 0 Å². The molecule has 3 aromatic rings. The van der Waals surface area contributed by atoms with Crippen LogP contribution in [0.2, 0.25) is 0 Å². The van der Waals surface area contributed by atoms with E-state index in [2.05, 4.69) is 69.0 Å². The molecule has 0 bridgehead atoms. The summed E-state index contributed by atoms with van der Waals surface area (Å²) in [5.41, 5.74) is 5.30. The molecule has 6 rings (SSSR count). The van der Waals surface area contributed by atoms with Crippen molar-refractivity contribution in [1.82, 2.24) is 19.5 Å². The zero-order valence-corrected chi connectivity index (χ0v) is 15.9. The number of piperidine rings is 1. The smallest absolute Gasteiger partial charge is 0.164 e. The van der Waals surface area contributed by atoms with Gasteiger partial charge in [0, 0.05) is 32.3 Å². The van der Waals surface area contributed by atoms with Crippen LogP contribution in [0.5, 0.6) is 0 Å². The number of fused-ring (bicyclic) bond motifs is 2. The van der Waals surface area contributed by atoms with Gasteiger partial charge in [-0.25, -0.2) is 0 Å². The Morgan fingerprint density at radius 2 is 1.78 bits per heavy atom. The number of rotatable bonds is 5. The molecular formula is C23H26N4. The zero-order valence-electron chi connectivity index (χ0n) is 15.9. The van der Waals surface area contributed by atoms with Crippen molar-refractivity contribution in [1.29, 1.82) is 0 Å². The van der Waals surface area contributed by atoms with Crippen molar-refractivity contribution in [3.63, 3.8) is 0 Å². The van der Waals surface area contributed by atoms with Crippen LogP contribution in [0.25, 0.3) is 5.65 Å². The lowest BCUT2D eigenvalue weighted by atomic mass is 10.1. The standard InChI is InChI=1S/C23H26N4/c1-15-18(9-10-27-21(11-16-7-8-16)24-25-23(15)27)12-26-13-19-20(14-26)22(19)17-5-3-2-4-6-17/h2-6,9-10,16,19-20,22H,7-8,11-14H2,1H3. The summed E-state index contributed by atoms with van der Waals surface area (Å²) >= 11 is 0. The van der Waals surface area contributed by atoms with E-state index in [0.29, 0.717) is 0 Å². The van der Waals surface area contributed by atoms with E-state index in [4.69, 9.17) is 0 Å². The third kappa shape index (κ3) is 2.69. The van der Waals surface area contributed by atoms with Crippen molar-refractivity contribution in [2.45, 2.75) is 38.6 Å². The number of aryl methyl sites for hydroxylation is 1. The van der Waals surface area contributed by atoms with E-state index in [1.165, 1.54) is 42.6 Å². The first-order valence-corrected chi connectivity index (χ1v) is 10.4. The highest BCUT2D eigenvalue weighted by atomic mass is 15.2. The van der Waals surface area contributed by atoms with Gasteiger partial charge in [0.25, 0.3) is 0 Å². The molecule has 3 fully saturated rings. The highest BCUT2D eigenvalue weighted by molar-refractivity contribution is 5.51. The minimum Gasteiger partial charge on any atom is -0.298 e. The molecule has 2 aromatic heterocycles. The minimum absolute atomic E-state index is 0.799. The number of hydrogen-bond donors (Lipinski definition) is 0. The Morgan fingerprint density at radius 3 is 2.52 bits per heavy atom. The van der Waals surface area contributed by atoms with Gasteiger partial charge < -0.3 is 0 Å². The van der Waals surface area contributed by atoms with E-state index < -0.39 is 0 Å². The van der Waals surface area contributed by atoms with Gasteiger partial charge in [-0.05, 0) is 66.2 Å². The predicted molar refractivity (Wildman–Crippen MR) is 106 cm³/mol. The van der Waals surface area contributed by atoms with Gasteiger partial charge in [0.15, 0.2) is 5.65 Å². The normalized spacial score (nSPS) is 27.2. The molecule has 2 aliphatic carbocycles. The molecule has 2 unspecified atom stereocenters. The fraction of sp³-hybridized carbons (Fsp3) is 0.478. The molecule has 3 aliphatic rings. The van der Waals surface area contributed by atoms with Crippen LogP contribution in [0.3, 0.4) is 0 Å². The molecule has 0 N–H and O–H groups in total. The van der Waals surface area contributed by atoms with Gasteiger partial charge in [-0.1, -0.05) is 30.3 Å². The maximum Gasteiger partial charge on any atom is 0.164 e. The number of nitrogens with zero attached hydrogens (tertiary/aromatic N) is 4. The van der Waals surface area contributed by atoms with Gasteiger partial charge in [0.05, 0.1) is 0 Å². The number of aromatic nitrogens is 3. The molecule has 0 amide bonds. The Labute approximate surface area is 160 Å². The van der Waals surface area contributed by atoms with Crippen LogP contribution in [0, 0.1) is 24.7 Å². The zero-order chi connectivity index (χ0) is 18.0. The summed E-state index contributed by atoms with van der Waals surface area (Å²) in [6, 6.07) is 13.4. The van der Waals surface area contributed by atoms with Crippen molar-refractivity contribution in [2.75, 3.05) is 13.1 Å². The monoisotopic (exact) mass is 358 g/mol. The van der Waals surface area contributed by atoms with Crippen LogP contribution >= 0.6 is 0 Å². The first-order valence-electron chi connectivity index (χ1n) is 10.4. The van der Waals surface area contributed by atoms with E-state index >= 15 is 0 Å². The van der Waals surface area contributed by atoms with E-state index in [1.807, 2.05) is 0 Å². The molecule has 2 saturated carbocycles. The lowest BCUT2D eigenvalue weighted by Crippen LogP contribution is -2.24. The van der Waals surface area contributed by atoms with E-state index in [0.717, 1.165) is 48.1 Å². The van der Waals surface area contributed by atoms with Crippen molar-refractivity contribution in [2.24, 2.45) is 17.8 Å². The summed E-state index contributed by atoms with van der Waals surface area (Å²) in [4.78, 5) is 2.63. The maximum atomic E-state index is 4.50. The molecule has 2 atom stereocenters. The average Bonchev–Trinajstić information content (AvgIpc) is 3.54. The third-order valence-corrected chi connectivity index (χ3v) is 7.02. The first-order chi connectivity index (χ1) is 13.3. The molecule has 3 heterocycles. The highest BCUT2D eigenvalue weighted by Crippen LogP contribution is 2.58. The Bertz CT molecular complexity index is 976. The largest absolute Gasteiger partial charge is 0.298 e.